The van der Waals surface area contributed by atoms with E-state index in [0.717, 1.165) is 0 Å². The van der Waals surface area contributed by atoms with Gasteiger partial charge in [-0.3, -0.25) is 0 Å². The smallest absolute Gasteiger partial charge is 0.365 e. The Morgan fingerprint density at radius 2 is 1.82 bits per heavy atom. The predicted molar refractivity (Wildman–Crippen MR) is 74.6 cm³/mol. The average Bonchev–Trinajstić information content (AvgIpc) is 2.82. The zero-order valence-corrected chi connectivity index (χ0v) is 12.6. The first-order chi connectivity index (χ1) is 10.5. The van der Waals surface area contributed by atoms with Crippen molar-refractivity contribution in [3.63, 3.8) is 0 Å². The molecular formula is C15H18O7. The van der Waals surface area contributed by atoms with Gasteiger partial charge in [0, 0.05) is 5.56 Å². The van der Waals surface area contributed by atoms with E-state index in [-0.39, 0.29) is 24.5 Å². The third kappa shape index (κ3) is 2.27. The molecule has 120 valence electrons. The van der Waals surface area contributed by atoms with Crippen LogP contribution < -0.4 is 9.47 Å². The van der Waals surface area contributed by atoms with E-state index >= 15 is 0 Å². The lowest BCUT2D eigenvalue weighted by Gasteiger charge is -2.26. The lowest BCUT2D eigenvalue weighted by molar-refractivity contribution is -0.187. The number of methoxy groups -OCH3 is 1. The number of para-hydroxylation sites is 1. The number of hydrogen-bond donors (Lipinski definition) is 1. The molecule has 2 rings (SSSR count). The molecule has 0 saturated carbocycles. The van der Waals surface area contributed by atoms with Crippen LogP contribution in [0.25, 0.3) is 0 Å². The van der Waals surface area contributed by atoms with E-state index in [1.165, 1.54) is 7.11 Å². The second-order valence-electron chi connectivity index (χ2n) is 4.56. The Bertz CT molecular complexity index is 563. The van der Waals surface area contributed by atoms with Crippen LogP contribution in [-0.2, 0) is 19.1 Å². The number of carbonyl (C=O) groups excluding carboxylic acids is 2. The SMILES string of the molecule is CCOC(=O)C1(C(=O)OCC)Oc2c(OC)cccc2C1O. The van der Waals surface area contributed by atoms with Crippen molar-refractivity contribution in [3.05, 3.63) is 23.8 Å². The van der Waals surface area contributed by atoms with Gasteiger partial charge in [-0.2, -0.15) is 0 Å². The second-order valence-corrected chi connectivity index (χ2v) is 4.56. The van der Waals surface area contributed by atoms with Gasteiger partial charge in [-0.05, 0) is 19.9 Å². The fourth-order valence-corrected chi connectivity index (χ4v) is 2.32. The Kier molecular flexibility index (Phi) is 4.56. The number of rotatable bonds is 5. The van der Waals surface area contributed by atoms with Crippen LogP contribution in [-0.4, -0.2) is 43.0 Å². The monoisotopic (exact) mass is 310 g/mol. The summed E-state index contributed by atoms with van der Waals surface area (Å²) in [7, 11) is 1.42. The van der Waals surface area contributed by atoms with Crippen molar-refractivity contribution >= 4 is 11.9 Å². The maximum absolute atomic E-state index is 12.3. The van der Waals surface area contributed by atoms with Crippen LogP contribution in [0.4, 0.5) is 0 Å². The molecule has 1 aromatic carbocycles. The number of aliphatic hydroxyl groups is 1. The molecule has 1 aliphatic rings. The normalized spacial score (nSPS) is 18.1. The van der Waals surface area contributed by atoms with Crippen molar-refractivity contribution in [1.29, 1.82) is 0 Å². The number of carbonyl (C=O) groups is 2. The fourth-order valence-electron chi connectivity index (χ4n) is 2.32. The quantitative estimate of drug-likeness (QED) is 0.640. The highest BCUT2D eigenvalue weighted by atomic mass is 16.6. The summed E-state index contributed by atoms with van der Waals surface area (Å²) in [5.74, 6) is -1.58. The summed E-state index contributed by atoms with van der Waals surface area (Å²) in [5.41, 5.74) is -2.01. The van der Waals surface area contributed by atoms with Gasteiger partial charge in [0.05, 0.1) is 20.3 Å². The van der Waals surface area contributed by atoms with Crippen molar-refractivity contribution < 1.29 is 33.6 Å². The third-order valence-electron chi connectivity index (χ3n) is 3.33. The summed E-state index contributed by atoms with van der Waals surface area (Å²) in [4.78, 5) is 24.6. The molecule has 0 saturated heterocycles. The van der Waals surface area contributed by atoms with E-state index in [1.807, 2.05) is 0 Å². The van der Waals surface area contributed by atoms with E-state index in [2.05, 4.69) is 0 Å². The van der Waals surface area contributed by atoms with Crippen LogP contribution in [0, 0.1) is 0 Å². The maximum atomic E-state index is 12.3. The first-order valence-corrected chi connectivity index (χ1v) is 6.91. The van der Waals surface area contributed by atoms with E-state index in [9.17, 15) is 14.7 Å². The molecule has 1 heterocycles. The summed E-state index contributed by atoms with van der Waals surface area (Å²) in [5, 5.41) is 10.5. The molecule has 7 heteroatoms. The highest BCUT2D eigenvalue weighted by Crippen LogP contribution is 2.49. The number of ether oxygens (including phenoxy) is 4. The maximum Gasteiger partial charge on any atom is 0.365 e. The van der Waals surface area contributed by atoms with Crippen LogP contribution in [0.1, 0.15) is 25.5 Å². The highest BCUT2D eigenvalue weighted by molar-refractivity contribution is 6.06. The second kappa shape index (κ2) is 6.23. The molecule has 22 heavy (non-hydrogen) atoms. The summed E-state index contributed by atoms with van der Waals surface area (Å²) in [6.45, 7) is 3.24. The van der Waals surface area contributed by atoms with E-state index in [0.29, 0.717) is 5.75 Å². The predicted octanol–water partition coefficient (Wildman–Crippen LogP) is 0.986. The van der Waals surface area contributed by atoms with Gasteiger partial charge in [0.2, 0.25) is 0 Å². The van der Waals surface area contributed by atoms with Gasteiger partial charge in [-0.1, -0.05) is 12.1 Å². The third-order valence-corrected chi connectivity index (χ3v) is 3.33. The molecule has 0 aliphatic carbocycles. The highest BCUT2D eigenvalue weighted by Gasteiger charge is 2.63. The van der Waals surface area contributed by atoms with Gasteiger partial charge in [0.25, 0.3) is 0 Å². The molecule has 0 amide bonds. The van der Waals surface area contributed by atoms with E-state index in [1.54, 1.807) is 32.0 Å². The van der Waals surface area contributed by atoms with Crippen molar-refractivity contribution in [3.8, 4) is 11.5 Å². The lowest BCUT2D eigenvalue weighted by Crippen LogP contribution is -2.55. The Balaban J connectivity index is 2.53. The van der Waals surface area contributed by atoms with Gasteiger partial charge in [0.15, 0.2) is 11.5 Å². The Morgan fingerprint density at radius 1 is 1.23 bits per heavy atom. The molecule has 1 N–H and O–H groups in total. The molecule has 0 radical (unpaired) electrons. The van der Waals surface area contributed by atoms with Crippen molar-refractivity contribution in [2.45, 2.75) is 25.6 Å². The summed E-state index contributed by atoms with van der Waals surface area (Å²) < 4.78 is 20.5. The molecule has 1 aromatic rings. The minimum absolute atomic E-state index is 0.0313. The molecule has 0 aromatic heterocycles. The van der Waals surface area contributed by atoms with Crippen LogP contribution in [0.15, 0.2) is 18.2 Å². The number of esters is 2. The molecule has 1 unspecified atom stereocenters. The zero-order chi connectivity index (χ0) is 16.3. The van der Waals surface area contributed by atoms with Gasteiger partial charge in [-0.25, -0.2) is 9.59 Å². The molecule has 0 bridgehead atoms. The number of fused-ring (bicyclic) bond motifs is 1. The standard InChI is InChI=1S/C15H18O7/c1-4-20-13(17)15(14(18)21-5-2)12(16)9-7-6-8-10(19-3)11(9)22-15/h6-8,12,16H,4-5H2,1-3H3. The summed E-state index contributed by atoms with van der Waals surface area (Å²) in [6, 6.07) is 4.76. The molecule has 0 spiro atoms. The number of hydrogen-bond acceptors (Lipinski definition) is 7. The topological polar surface area (TPSA) is 91.3 Å². The lowest BCUT2D eigenvalue weighted by atomic mass is 9.93. The minimum atomic E-state index is -2.27. The molecule has 7 nitrogen and oxygen atoms in total. The summed E-state index contributed by atoms with van der Waals surface area (Å²) >= 11 is 0. The van der Waals surface area contributed by atoms with Crippen molar-refractivity contribution in [2.75, 3.05) is 20.3 Å². The van der Waals surface area contributed by atoms with Crippen LogP contribution in [0.2, 0.25) is 0 Å². The van der Waals surface area contributed by atoms with Crippen molar-refractivity contribution in [2.24, 2.45) is 0 Å². The Labute approximate surface area is 127 Å². The Hall–Kier alpha value is -2.28. The average molecular weight is 310 g/mol. The molecule has 1 aliphatic heterocycles. The van der Waals surface area contributed by atoms with Crippen molar-refractivity contribution in [1.82, 2.24) is 0 Å². The van der Waals surface area contributed by atoms with Gasteiger partial charge < -0.3 is 24.1 Å². The van der Waals surface area contributed by atoms with Crippen LogP contribution in [0.3, 0.4) is 0 Å². The largest absolute Gasteiger partial charge is 0.493 e. The zero-order valence-electron chi connectivity index (χ0n) is 12.6. The molecule has 1 atom stereocenters. The number of aliphatic hydroxyl groups excluding tert-OH is 1. The number of benzene rings is 1. The van der Waals surface area contributed by atoms with E-state index < -0.39 is 23.6 Å². The molecular weight excluding hydrogens is 292 g/mol. The van der Waals surface area contributed by atoms with Crippen LogP contribution in [0.5, 0.6) is 11.5 Å². The van der Waals surface area contributed by atoms with Gasteiger partial charge in [-0.15, -0.1) is 0 Å². The first kappa shape index (κ1) is 16.1. The first-order valence-electron chi connectivity index (χ1n) is 6.91. The Morgan fingerprint density at radius 3 is 2.32 bits per heavy atom. The van der Waals surface area contributed by atoms with E-state index in [4.69, 9.17) is 18.9 Å². The van der Waals surface area contributed by atoms with Gasteiger partial charge in [0.1, 0.15) is 6.10 Å². The minimum Gasteiger partial charge on any atom is -0.493 e. The fraction of sp³-hybridized carbons (Fsp3) is 0.467. The molecule has 0 fully saturated rings. The van der Waals surface area contributed by atoms with Gasteiger partial charge >= 0.3 is 17.5 Å². The summed E-state index contributed by atoms with van der Waals surface area (Å²) in [6.07, 6.45) is -1.55. The van der Waals surface area contributed by atoms with Crippen LogP contribution >= 0.6 is 0 Å².